The molecule has 1 aromatic rings. The maximum atomic E-state index is 12.7. The van der Waals surface area contributed by atoms with Crippen LogP contribution in [0.1, 0.15) is 44.9 Å². The van der Waals surface area contributed by atoms with E-state index >= 15 is 0 Å². The van der Waals surface area contributed by atoms with E-state index in [1.807, 2.05) is 12.1 Å². The molecule has 29 heavy (non-hydrogen) atoms. The van der Waals surface area contributed by atoms with Crippen LogP contribution in [0.2, 0.25) is 0 Å². The second-order valence-electron chi connectivity index (χ2n) is 8.60. The highest BCUT2D eigenvalue weighted by Crippen LogP contribution is 2.29. The molecular formula is C22H30N4O3. The van der Waals surface area contributed by atoms with Gasteiger partial charge in [-0.3, -0.25) is 9.59 Å². The Labute approximate surface area is 171 Å². The van der Waals surface area contributed by atoms with Crippen LogP contribution in [-0.2, 0) is 9.59 Å². The molecule has 1 saturated heterocycles. The zero-order chi connectivity index (χ0) is 20.2. The number of carbonyl (C=O) groups excluding carboxylic acids is 3. The summed E-state index contributed by atoms with van der Waals surface area (Å²) in [6.07, 6.45) is 7.08. The zero-order valence-corrected chi connectivity index (χ0v) is 16.8. The molecule has 0 spiro atoms. The summed E-state index contributed by atoms with van der Waals surface area (Å²) in [6.45, 7) is 1.86. The minimum Gasteiger partial charge on any atom is -0.356 e. The smallest absolute Gasteiger partial charge is 0.321 e. The van der Waals surface area contributed by atoms with E-state index in [-0.39, 0.29) is 29.7 Å². The van der Waals surface area contributed by atoms with E-state index in [1.54, 1.807) is 17.0 Å². The lowest BCUT2D eigenvalue weighted by Gasteiger charge is -2.32. The summed E-state index contributed by atoms with van der Waals surface area (Å²) in [5.74, 6) is 0.746. The van der Waals surface area contributed by atoms with Crippen LogP contribution in [0.5, 0.6) is 0 Å². The summed E-state index contributed by atoms with van der Waals surface area (Å²) < 4.78 is 0. The number of rotatable bonds is 6. The number of hydrogen-bond acceptors (Lipinski definition) is 3. The van der Waals surface area contributed by atoms with Gasteiger partial charge in [0.2, 0.25) is 11.8 Å². The highest BCUT2D eigenvalue weighted by atomic mass is 16.2. The second-order valence-corrected chi connectivity index (χ2v) is 8.60. The third kappa shape index (κ3) is 5.28. The molecule has 1 aliphatic heterocycles. The summed E-state index contributed by atoms with van der Waals surface area (Å²) in [6, 6.07) is 7.02. The number of carbonyl (C=O) groups is 3. The summed E-state index contributed by atoms with van der Waals surface area (Å²) >= 11 is 0. The van der Waals surface area contributed by atoms with Crippen LogP contribution in [0.15, 0.2) is 24.3 Å². The number of likely N-dealkylation sites (tertiary alicyclic amines) is 1. The fourth-order valence-electron chi connectivity index (χ4n) is 3.88. The van der Waals surface area contributed by atoms with Crippen molar-refractivity contribution in [3.8, 4) is 0 Å². The van der Waals surface area contributed by atoms with Crippen LogP contribution in [0.3, 0.4) is 0 Å². The Kier molecular flexibility index (Phi) is 6.02. The van der Waals surface area contributed by atoms with Crippen molar-refractivity contribution in [2.75, 3.05) is 30.3 Å². The summed E-state index contributed by atoms with van der Waals surface area (Å²) in [5.41, 5.74) is 1.33. The van der Waals surface area contributed by atoms with Crippen molar-refractivity contribution in [3.63, 3.8) is 0 Å². The molecule has 1 unspecified atom stereocenters. The van der Waals surface area contributed by atoms with Gasteiger partial charge in [-0.05, 0) is 62.6 Å². The van der Waals surface area contributed by atoms with Crippen molar-refractivity contribution in [3.05, 3.63) is 24.3 Å². The molecule has 2 saturated carbocycles. The first kappa shape index (κ1) is 19.7. The van der Waals surface area contributed by atoms with Gasteiger partial charge in [-0.1, -0.05) is 12.5 Å². The van der Waals surface area contributed by atoms with Crippen molar-refractivity contribution in [2.24, 2.45) is 17.8 Å². The maximum absolute atomic E-state index is 12.7. The van der Waals surface area contributed by atoms with Crippen LogP contribution in [0.4, 0.5) is 16.2 Å². The molecule has 0 radical (unpaired) electrons. The second kappa shape index (κ2) is 8.84. The fraction of sp³-hybridized carbons (Fsp3) is 0.591. The Morgan fingerprint density at radius 1 is 0.897 bits per heavy atom. The third-order valence-corrected chi connectivity index (χ3v) is 6.20. The molecule has 1 heterocycles. The van der Waals surface area contributed by atoms with Crippen LogP contribution < -0.4 is 16.0 Å². The van der Waals surface area contributed by atoms with E-state index in [0.717, 1.165) is 38.6 Å². The van der Waals surface area contributed by atoms with Crippen molar-refractivity contribution >= 4 is 29.2 Å². The Morgan fingerprint density at radius 3 is 2.31 bits per heavy atom. The highest BCUT2D eigenvalue weighted by molar-refractivity contribution is 5.95. The SMILES string of the molecule is O=C(NCC1CC1)C1CCCN(C(=O)Nc2cccc(NC(=O)C3CCC3)c2)C1. The molecule has 4 amide bonds. The molecule has 156 valence electrons. The first-order valence-electron chi connectivity index (χ1n) is 10.8. The van der Waals surface area contributed by atoms with Gasteiger partial charge in [-0.2, -0.15) is 0 Å². The van der Waals surface area contributed by atoms with Crippen molar-refractivity contribution in [1.82, 2.24) is 10.2 Å². The summed E-state index contributed by atoms with van der Waals surface area (Å²) in [4.78, 5) is 38.9. The lowest BCUT2D eigenvalue weighted by molar-refractivity contribution is -0.126. The minimum atomic E-state index is -0.202. The summed E-state index contributed by atoms with van der Waals surface area (Å²) in [5, 5.41) is 8.87. The van der Waals surface area contributed by atoms with Crippen LogP contribution >= 0.6 is 0 Å². The highest BCUT2D eigenvalue weighted by Gasteiger charge is 2.30. The van der Waals surface area contributed by atoms with Crippen LogP contribution in [-0.4, -0.2) is 42.4 Å². The van der Waals surface area contributed by atoms with Gasteiger partial charge in [0.25, 0.3) is 0 Å². The van der Waals surface area contributed by atoms with Gasteiger partial charge < -0.3 is 20.9 Å². The normalized spacial score (nSPS) is 21.8. The van der Waals surface area contributed by atoms with Crippen molar-refractivity contribution in [2.45, 2.75) is 44.9 Å². The minimum absolute atomic E-state index is 0.0517. The quantitative estimate of drug-likeness (QED) is 0.687. The Hall–Kier alpha value is -2.57. The number of nitrogens with zero attached hydrogens (tertiary/aromatic N) is 1. The molecule has 7 nitrogen and oxygen atoms in total. The molecule has 3 N–H and O–H groups in total. The number of amides is 4. The van der Waals surface area contributed by atoms with Gasteiger partial charge in [0, 0.05) is 36.9 Å². The number of hydrogen-bond donors (Lipinski definition) is 3. The van der Waals surface area contributed by atoms with E-state index in [9.17, 15) is 14.4 Å². The molecule has 3 fully saturated rings. The largest absolute Gasteiger partial charge is 0.356 e. The zero-order valence-electron chi connectivity index (χ0n) is 16.8. The molecule has 0 aromatic heterocycles. The number of anilines is 2. The van der Waals surface area contributed by atoms with Crippen LogP contribution in [0.25, 0.3) is 0 Å². The lowest BCUT2D eigenvalue weighted by Crippen LogP contribution is -2.47. The molecule has 2 aliphatic carbocycles. The number of urea groups is 1. The molecule has 7 heteroatoms. The molecule has 1 atom stereocenters. The van der Waals surface area contributed by atoms with Gasteiger partial charge in [0.15, 0.2) is 0 Å². The molecular weight excluding hydrogens is 368 g/mol. The number of benzene rings is 1. The molecule has 4 rings (SSSR count). The average molecular weight is 399 g/mol. The first-order valence-corrected chi connectivity index (χ1v) is 10.8. The van der Waals surface area contributed by atoms with Gasteiger partial charge in [-0.25, -0.2) is 4.79 Å². The van der Waals surface area contributed by atoms with Gasteiger partial charge in [-0.15, -0.1) is 0 Å². The van der Waals surface area contributed by atoms with E-state index in [4.69, 9.17) is 0 Å². The number of piperidine rings is 1. The fourth-order valence-corrected chi connectivity index (χ4v) is 3.88. The van der Waals surface area contributed by atoms with Crippen LogP contribution in [0, 0.1) is 17.8 Å². The monoisotopic (exact) mass is 398 g/mol. The summed E-state index contributed by atoms with van der Waals surface area (Å²) in [7, 11) is 0. The standard InChI is InChI=1S/C22H30N4O3/c27-20(23-13-15-9-10-15)17-6-3-11-26(14-17)22(29)25-19-8-2-7-18(12-19)24-21(28)16-4-1-5-16/h2,7-8,12,15-17H,1,3-6,9-11,13-14H2,(H,23,27)(H,24,28)(H,25,29). The van der Waals surface area contributed by atoms with Crippen molar-refractivity contribution in [1.29, 1.82) is 0 Å². The molecule has 3 aliphatic rings. The van der Waals surface area contributed by atoms with Gasteiger partial charge >= 0.3 is 6.03 Å². The Balaban J connectivity index is 1.29. The van der Waals surface area contributed by atoms with Gasteiger partial charge in [0.1, 0.15) is 0 Å². The lowest BCUT2D eigenvalue weighted by atomic mass is 9.85. The first-order chi connectivity index (χ1) is 14.1. The van der Waals surface area contributed by atoms with E-state index in [0.29, 0.717) is 30.4 Å². The predicted molar refractivity (Wildman–Crippen MR) is 111 cm³/mol. The topological polar surface area (TPSA) is 90.5 Å². The Bertz CT molecular complexity index is 773. The average Bonchev–Trinajstić information content (AvgIpc) is 3.49. The molecule has 1 aromatic carbocycles. The van der Waals surface area contributed by atoms with Crippen molar-refractivity contribution < 1.29 is 14.4 Å². The number of nitrogens with one attached hydrogen (secondary N) is 3. The third-order valence-electron chi connectivity index (χ3n) is 6.20. The Morgan fingerprint density at radius 2 is 1.62 bits per heavy atom. The van der Waals surface area contributed by atoms with Gasteiger partial charge in [0.05, 0.1) is 5.92 Å². The van der Waals surface area contributed by atoms with E-state index in [2.05, 4.69) is 16.0 Å². The molecule has 0 bridgehead atoms. The van der Waals surface area contributed by atoms with E-state index in [1.165, 1.54) is 12.8 Å². The predicted octanol–water partition coefficient (Wildman–Crippen LogP) is 3.20. The van der Waals surface area contributed by atoms with E-state index < -0.39 is 0 Å². The maximum Gasteiger partial charge on any atom is 0.321 e.